The summed E-state index contributed by atoms with van der Waals surface area (Å²) in [4.78, 5) is 15.2. The first-order chi connectivity index (χ1) is 20.1. The lowest BCUT2D eigenvalue weighted by molar-refractivity contribution is 0.715. The standard InChI is InChI=1S/C19H15ClN2.C16H13ClN2/c20-16-10-11-21-19-18(16)15-12-14(8-9-17(15)22-19)7-6-13-4-2-1-3-5-13;1-2-3-4-5-11-6-7-14-12(10-11)15-13(17)8-9-18-16(15)19-14/h4,8-12H,1-3,5H2,(H,21,22);6-10H,2-3H2,1H3,(H,18,19). The van der Waals surface area contributed by atoms with Crippen molar-refractivity contribution in [1.82, 2.24) is 19.9 Å². The minimum absolute atomic E-state index is 0.718. The zero-order valence-corrected chi connectivity index (χ0v) is 24.3. The molecule has 2 aromatic carbocycles. The molecule has 7 rings (SSSR count). The molecule has 1 aliphatic rings. The molecule has 0 unspecified atom stereocenters. The molecule has 0 radical (unpaired) electrons. The smallest absolute Gasteiger partial charge is 0.139 e. The number of unbranched alkanes of at least 4 members (excludes halogenated alkanes) is 1. The second kappa shape index (κ2) is 12.1. The molecule has 0 saturated heterocycles. The normalized spacial score (nSPS) is 12.8. The maximum atomic E-state index is 6.32. The van der Waals surface area contributed by atoms with E-state index in [2.05, 4.69) is 68.8 Å². The fourth-order valence-electron chi connectivity index (χ4n) is 5.10. The molecule has 0 amide bonds. The van der Waals surface area contributed by atoms with Crippen LogP contribution in [0.5, 0.6) is 0 Å². The molecule has 0 bridgehead atoms. The number of hydrogen-bond acceptors (Lipinski definition) is 2. The van der Waals surface area contributed by atoms with Gasteiger partial charge in [-0.05, 0) is 86.2 Å². The monoisotopic (exact) mass is 574 g/mol. The van der Waals surface area contributed by atoms with Crippen LogP contribution >= 0.6 is 23.2 Å². The van der Waals surface area contributed by atoms with Crippen molar-refractivity contribution in [2.45, 2.75) is 45.4 Å². The van der Waals surface area contributed by atoms with Gasteiger partial charge in [0.15, 0.2) is 0 Å². The van der Waals surface area contributed by atoms with E-state index < -0.39 is 0 Å². The van der Waals surface area contributed by atoms with E-state index in [0.29, 0.717) is 0 Å². The van der Waals surface area contributed by atoms with E-state index in [-0.39, 0.29) is 0 Å². The number of rotatable bonds is 1. The predicted molar refractivity (Wildman–Crippen MR) is 172 cm³/mol. The Morgan fingerprint density at radius 3 is 1.93 bits per heavy atom. The number of nitrogens with one attached hydrogen (secondary N) is 2. The van der Waals surface area contributed by atoms with Gasteiger partial charge in [0.25, 0.3) is 0 Å². The van der Waals surface area contributed by atoms with E-state index >= 15 is 0 Å². The number of allylic oxidation sites excluding steroid dienone is 2. The van der Waals surface area contributed by atoms with Gasteiger partial charge in [0.1, 0.15) is 11.3 Å². The summed E-state index contributed by atoms with van der Waals surface area (Å²) >= 11 is 12.6. The number of fused-ring (bicyclic) bond motifs is 6. The number of halogens is 2. The minimum atomic E-state index is 0.718. The van der Waals surface area contributed by atoms with Crippen molar-refractivity contribution in [2.75, 3.05) is 0 Å². The zero-order chi connectivity index (χ0) is 28.2. The summed E-state index contributed by atoms with van der Waals surface area (Å²) < 4.78 is 0. The first-order valence-corrected chi connectivity index (χ1v) is 14.7. The fourth-order valence-corrected chi connectivity index (χ4v) is 5.60. The minimum Gasteiger partial charge on any atom is -0.339 e. The lowest BCUT2D eigenvalue weighted by atomic mass is 10.00. The van der Waals surface area contributed by atoms with E-state index in [9.17, 15) is 0 Å². The van der Waals surface area contributed by atoms with Gasteiger partial charge >= 0.3 is 0 Å². The molecule has 41 heavy (non-hydrogen) atoms. The van der Waals surface area contributed by atoms with Crippen molar-refractivity contribution < 1.29 is 0 Å². The average Bonchev–Trinajstić information content (AvgIpc) is 3.56. The molecule has 6 heteroatoms. The van der Waals surface area contributed by atoms with Crippen LogP contribution in [0.3, 0.4) is 0 Å². The van der Waals surface area contributed by atoms with Crippen LogP contribution in [0.2, 0.25) is 10.0 Å². The quantitative estimate of drug-likeness (QED) is 0.192. The highest BCUT2D eigenvalue weighted by atomic mass is 35.5. The van der Waals surface area contributed by atoms with Gasteiger partial charge in [-0.15, -0.1) is 0 Å². The molecular weight excluding hydrogens is 547 g/mol. The molecule has 6 aromatic rings. The van der Waals surface area contributed by atoms with Crippen LogP contribution in [0, 0.1) is 23.7 Å². The third-order valence-corrected chi connectivity index (χ3v) is 7.78. The molecular formula is C35H28Cl2N4. The summed E-state index contributed by atoms with van der Waals surface area (Å²) in [5, 5.41) is 5.54. The highest BCUT2D eigenvalue weighted by Gasteiger charge is 2.10. The van der Waals surface area contributed by atoms with E-state index in [0.717, 1.165) is 90.7 Å². The van der Waals surface area contributed by atoms with E-state index in [1.54, 1.807) is 12.4 Å². The SMILES string of the molecule is CCCC#Cc1ccc2[nH]c3nccc(Cl)c3c2c1.Clc1ccnc2[nH]c3ccc(C#CC4=CCCCC4)cc3c12. The van der Waals surface area contributed by atoms with Gasteiger partial charge in [-0.3, -0.25) is 0 Å². The summed E-state index contributed by atoms with van der Waals surface area (Å²) in [5.41, 5.74) is 7.02. The molecule has 0 fully saturated rings. The van der Waals surface area contributed by atoms with E-state index in [1.165, 1.54) is 18.4 Å². The van der Waals surface area contributed by atoms with Crippen molar-refractivity contribution in [2.24, 2.45) is 0 Å². The second-order valence-corrected chi connectivity index (χ2v) is 10.9. The molecule has 4 aromatic heterocycles. The van der Waals surface area contributed by atoms with Crippen LogP contribution in [0.4, 0.5) is 0 Å². The summed E-state index contributed by atoms with van der Waals surface area (Å²) in [6.45, 7) is 2.13. The molecule has 0 spiro atoms. The number of aromatic amines is 2. The maximum absolute atomic E-state index is 6.32. The van der Waals surface area contributed by atoms with Crippen molar-refractivity contribution in [3.05, 3.63) is 93.7 Å². The van der Waals surface area contributed by atoms with Gasteiger partial charge in [0.2, 0.25) is 0 Å². The van der Waals surface area contributed by atoms with Gasteiger partial charge in [-0.1, -0.05) is 59.9 Å². The van der Waals surface area contributed by atoms with Crippen LogP contribution in [0.1, 0.15) is 56.6 Å². The van der Waals surface area contributed by atoms with E-state index in [1.807, 2.05) is 36.4 Å². The maximum Gasteiger partial charge on any atom is 0.139 e. The number of nitrogens with zero attached hydrogens (tertiary/aromatic N) is 2. The molecule has 0 atom stereocenters. The number of benzene rings is 2. The van der Waals surface area contributed by atoms with Crippen molar-refractivity contribution >= 4 is 67.1 Å². The first-order valence-electron chi connectivity index (χ1n) is 13.9. The van der Waals surface area contributed by atoms with Gasteiger partial charge in [0.05, 0.1) is 10.0 Å². The molecule has 202 valence electrons. The van der Waals surface area contributed by atoms with Crippen molar-refractivity contribution in [3.8, 4) is 23.7 Å². The number of H-pyrrole nitrogens is 2. The van der Waals surface area contributed by atoms with Crippen molar-refractivity contribution in [3.63, 3.8) is 0 Å². The zero-order valence-electron chi connectivity index (χ0n) is 22.7. The average molecular weight is 576 g/mol. The van der Waals surface area contributed by atoms with Gasteiger partial charge in [0, 0.05) is 62.5 Å². The third kappa shape index (κ3) is 5.82. The van der Waals surface area contributed by atoms with Gasteiger partial charge in [-0.2, -0.15) is 0 Å². The molecule has 4 nitrogen and oxygen atoms in total. The Labute approximate surface area is 249 Å². The Hall–Kier alpha value is -4.22. The molecule has 2 N–H and O–H groups in total. The summed E-state index contributed by atoms with van der Waals surface area (Å²) in [7, 11) is 0. The molecule has 1 aliphatic carbocycles. The van der Waals surface area contributed by atoms with Crippen LogP contribution in [-0.4, -0.2) is 19.9 Å². The van der Waals surface area contributed by atoms with Crippen LogP contribution in [0.15, 0.2) is 72.6 Å². The predicted octanol–water partition coefficient (Wildman–Crippen LogP) is 9.74. The summed E-state index contributed by atoms with van der Waals surface area (Å²) in [5.74, 6) is 12.9. The first kappa shape index (κ1) is 27.0. The van der Waals surface area contributed by atoms with Crippen LogP contribution in [-0.2, 0) is 0 Å². The molecule has 4 heterocycles. The Balaban J connectivity index is 0.000000149. The van der Waals surface area contributed by atoms with Crippen LogP contribution < -0.4 is 0 Å². The number of hydrogen-bond donors (Lipinski definition) is 2. The topological polar surface area (TPSA) is 57.4 Å². The van der Waals surface area contributed by atoms with Gasteiger partial charge in [-0.25, -0.2) is 9.97 Å². The van der Waals surface area contributed by atoms with Crippen molar-refractivity contribution in [1.29, 1.82) is 0 Å². The van der Waals surface area contributed by atoms with E-state index in [4.69, 9.17) is 23.2 Å². The largest absolute Gasteiger partial charge is 0.339 e. The lowest BCUT2D eigenvalue weighted by Crippen LogP contribution is -1.88. The Bertz CT molecular complexity index is 2060. The molecule has 0 saturated carbocycles. The Kier molecular flexibility index (Phi) is 7.97. The second-order valence-electron chi connectivity index (χ2n) is 10.1. The fraction of sp³-hybridized carbons (Fsp3) is 0.200. The highest BCUT2D eigenvalue weighted by molar-refractivity contribution is 6.38. The number of aromatic nitrogens is 4. The Morgan fingerprint density at radius 2 is 1.37 bits per heavy atom. The summed E-state index contributed by atoms with van der Waals surface area (Å²) in [6, 6.07) is 15.9. The molecule has 0 aliphatic heterocycles. The third-order valence-electron chi connectivity index (χ3n) is 7.15. The summed E-state index contributed by atoms with van der Waals surface area (Å²) in [6.07, 6.45) is 12.5. The van der Waals surface area contributed by atoms with Crippen LogP contribution in [0.25, 0.3) is 43.9 Å². The lowest BCUT2D eigenvalue weighted by Gasteiger charge is -2.05. The highest BCUT2D eigenvalue weighted by Crippen LogP contribution is 2.31. The number of pyridine rings is 2. The van der Waals surface area contributed by atoms with Gasteiger partial charge < -0.3 is 9.97 Å². The Morgan fingerprint density at radius 1 is 0.756 bits per heavy atom.